The second-order valence-corrected chi connectivity index (χ2v) is 5.88. The molecule has 0 atom stereocenters. The standard InChI is InChI=1S/C16H14Cl2N2O4/c1-19(9-11-3-2-4-12(17)7-11)16(21)10-24-15-6-5-13(20(22)23)8-14(15)18/h2-8H,9-10H2,1H3. The largest absolute Gasteiger partial charge is 0.482 e. The fourth-order valence-electron chi connectivity index (χ4n) is 1.97. The molecule has 2 aromatic rings. The number of hydrogen-bond donors (Lipinski definition) is 0. The highest BCUT2D eigenvalue weighted by Crippen LogP contribution is 2.28. The van der Waals surface area contributed by atoms with E-state index in [0.29, 0.717) is 11.6 Å². The molecule has 0 heterocycles. The van der Waals surface area contributed by atoms with E-state index in [0.717, 1.165) is 5.56 Å². The first kappa shape index (κ1) is 18.0. The number of hydrogen-bond acceptors (Lipinski definition) is 4. The van der Waals surface area contributed by atoms with Crippen LogP contribution in [0.1, 0.15) is 5.56 Å². The number of rotatable bonds is 6. The molecule has 0 aromatic heterocycles. The van der Waals surface area contributed by atoms with Crippen LogP contribution in [0, 0.1) is 10.1 Å². The second-order valence-electron chi connectivity index (χ2n) is 5.04. The lowest BCUT2D eigenvalue weighted by Gasteiger charge is -2.18. The summed E-state index contributed by atoms with van der Waals surface area (Å²) in [6.07, 6.45) is 0. The van der Waals surface area contributed by atoms with Crippen molar-refractivity contribution in [3.63, 3.8) is 0 Å². The van der Waals surface area contributed by atoms with Gasteiger partial charge in [0.1, 0.15) is 5.75 Å². The quantitative estimate of drug-likeness (QED) is 0.571. The number of carbonyl (C=O) groups excluding carboxylic acids is 1. The predicted molar refractivity (Wildman–Crippen MR) is 91.5 cm³/mol. The van der Waals surface area contributed by atoms with Crippen molar-refractivity contribution in [3.05, 3.63) is 68.2 Å². The van der Waals surface area contributed by atoms with Crippen LogP contribution >= 0.6 is 23.2 Å². The van der Waals surface area contributed by atoms with Gasteiger partial charge in [-0.1, -0.05) is 35.3 Å². The minimum Gasteiger partial charge on any atom is -0.482 e. The molecule has 0 aliphatic rings. The van der Waals surface area contributed by atoms with Gasteiger partial charge >= 0.3 is 0 Å². The van der Waals surface area contributed by atoms with Crippen LogP contribution in [0.3, 0.4) is 0 Å². The van der Waals surface area contributed by atoms with E-state index in [1.54, 1.807) is 19.2 Å². The zero-order valence-corrected chi connectivity index (χ0v) is 14.3. The Balaban J connectivity index is 1.94. The first-order valence-corrected chi connectivity index (χ1v) is 7.67. The Labute approximate surface area is 148 Å². The van der Waals surface area contributed by atoms with Crippen molar-refractivity contribution in [2.24, 2.45) is 0 Å². The van der Waals surface area contributed by atoms with Gasteiger partial charge in [-0.2, -0.15) is 0 Å². The summed E-state index contributed by atoms with van der Waals surface area (Å²) in [5.41, 5.74) is 0.753. The molecule has 1 amide bonds. The monoisotopic (exact) mass is 368 g/mol. The summed E-state index contributed by atoms with van der Waals surface area (Å²) in [5.74, 6) is -0.0452. The molecule has 0 spiro atoms. The second kappa shape index (κ2) is 7.99. The molecule has 0 radical (unpaired) electrons. The third-order valence-corrected chi connectivity index (χ3v) is 3.74. The fourth-order valence-corrected chi connectivity index (χ4v) is 2.41. The van der Waals surface area contributed by atoms with Gasteiger partial charge in [-0.25, -0.2) is 0 Å². The number of nitro groups is 1. The van der Waals surface area contributed by atoms with Crippen molar-refractivity contribution in [2.75, 3.05) is 13.7 Å². The van der Waals surface area contributed by atoms with Crippen LogP contribution in [-0.2, 0) is 11.3 Å². The van der Waals surface area contributed by atoms with Crippen molar-refractivity contribution in [2.45, 2.75) is 6.54 Å². The van der Waals surface area contributed by atoms with Gasteiger partial charge in [0, 0.05) is 30.7 Å². The van der Waals surface area contributed by atoms with Crippen molar-refractivity contribution in [1.82, 2.24) is 4.90 Å². The number of ether oxygens (including phenoxy) is 1. The van der Waals surface area contributed by atoms with E-state index >= 15 is 0 Å². The molecule has 0 aliphatic heterocycles. The zero-order chi connectivity index (χ0) is 17.7. The van der Waals surface area contributed by atoms with E-state index in [9.17, 15) is 14.9 Å². The number of nitrogens with zero attached hydrogens (tertiary/aromatic N) is 2. The molecule has 0 N–H and O–H groups in total. The van der Waals surface area contributed by atoms with Crippen LogP contribution in [0.25, 0.3) is 0 Å². The van der Waals surface area contributed by atoms with Gasteiger partial charge in [-0.3, -0.25) is 14.9 Å². The number of benzene rings is 2. The number of amides is 1. The Kier molecular flexibility index (Phi) is 6.00. The van der Waals surface area contributed by atoms with Crippen LogP contribution in [0.5, 0.6) is 5.75 Å². The summed E-state index contributed by atoms with van der Waals surface area (Å²) in [7, 11) is 1.64. The average molecular weight is 369 g/mol. The molecule has 0 saturated carbocycles. The van der Waals surface area contributed by atoms with Gasteiger partial charge in [0.05, 0.1) is 9.95 Å². The van der Waals surface area contributed by atoms with Crippen molar-refractivity contribution >= 4 is 34.8 Å². The third-order valence-electron chi connectivity index (χ3n) is 3.21. The topological polar surface area (TPSA) is 72.7 Å². The lowest BCUT2D eigenvalue weighted by atomic mass is 10.2. The van der Waals surface area contributed by atoms with E-state index in [-0.39, 0.29) is 29.0 Å². The molecular weight excluding hydrogens is 355 g/mol. The molecule has 0 bridgehead atoms. The summed E-state index contributed by atoms with van der Waals surface area (Å²) >= 11 is 11.8. The fraction of sp³-hybridized carbons (Fsp3) is 0.188. The van der Waals surface area contributed by atoms with Gasteiger partial charge in [-0.15, -0.1) is 0 Å². The highest BCUT2D eigenvalue weighted by atomic mass is 35.5. The molecule has 0 aliphatic carbocycles. The summed E-state index contributed by atoms with van der Waals surface area (Å²) in [6, 6.07) is 11.0. The van der Waals surface area contributed by atoms with Gasteiger partial charge in [0.2, 0.25) is 0 Å². The molecule has 2 aromatic carbocycles. The average Bonchev–Trinajstić information content (AvgIpc) is 2.53. The van der Waals surface area contributed by atoms with Crippen molar-refractivity contribution in [1.29, 1.82) is 0 Å². The maximum atomic E-state index is 12.1. The van der Waals surface area contributed by atoms with Crippen LogP contribution in [0.15, 0.2) is 42.5 Å². The lowest BCUT2D eigenvalue weighted by Crippen LogP contribution is -2.31. The summed E-state index contributed by atoms with van der Waals surface area (Å²) in [5, 5.41) is 11.3. The molecule has 8 heteroatoms. The minimum absolute atomic E-state index is 0.0782. The number of nitro benzene ring substituents is 1. The SMILES string of the molecule is CN(Cc1cccc(Cl)c1)C(=O)COc1ccc([N+](=O)[O-])cc1Cl. The highest BCUT2D eigenvalue weighted by Gasteiger charge is 2.14. The van der Waals surface area contributed by atoms with E-state index in [4.69, 9.17) is 27.9 Å². The van der Waals surface area contributed by atoms with Gasteiger partial charge in [-0.05, 0) is 23.8 Å². The number of halogens is 2. The van der Waals surface area contributed by atoms with Crippen molar-refractivity contribution < 1.29 is 14.5 Å². The summed E-state index contributed by atoms with van der Waals surface area (Å²) in [6.45, 7) is 0.158. The van der Waals surface area contributed by atoms with Gasteiger partial charge in [0.15, 0.2) is 6.61 Å². The molecule has 126 valence electrons. The van der Waals surface area contributed by atoms with Gasteiger partial charge < -0.3 is 9.64 Å². The first-order valence-electron chi connectivity index (χ1n) is 6.92. The van der Waals surface area contributed by atoms with E-state index < -0.39 is 4.92 Å². The molecule has 2 rings (SSSR count). The third kappa shape index (κ3) is 4.84. The van der Waals surface area contributed by atoms with E-state index in [2.05, 4.69) is 0 Å². The molecule has 24 heavy (non-hydrogen) atoms. The Morgan fingerprint density at radius 3 is 2.62 bits per heavy atom. The summed E-state index contributed by atoms with van der Waals surface area (Å²) < 4.78 is 5.34. The Morgan fingerprint density at radius 1 is 1.25 bits per heavy atom. The zero-order valence-electron chi connectivity index (χ0n) is 12.7. The molecule has 0 saturated heterocycles. The molecule has 0 fully saturated rings. The van der Waals surface area contributed by atoms with Crippen LogP contribution < -0.4 is 4.74 Å². The maximum absolute atomic E-state index is 12.1. The van der Waals surface area contributed by atoms with E-state index in [1.165, 1.54) is 23.1 Å². The smallest absolute Gasteiger partial charge is 0.271 e. The Bertz CT molecular complexity index is 767. The normalized spacial score (nSPS) is 10.3. The Hall–Kier alpha value is -2.31. The predicted octanol–water partition coefficient (Wildman–Crippen LogP) is 3.94. The molecule has 0 unspecified atom stereocenters. The van der Waals surface area contributed by atoms with Crippen molar-refractivity contribution in [3.8, 4) is 5.75 Å². The number of carbonyl (C=O) groups is 1. The van der Waals surface area contributed by atoms with Crippen LogP contribution in [0.2, 0.25) is 10.0 Å². The lowest BCUT2D eigenvalue weighted by molar-refractivity contribution is -0.384. The first-order chi connectivity index (χ1) is 11.4. The van der Waals surface area contributed by atoms with E-state index in [1.807, 2.05) is 12.1 Å². The molecule has 6 nitrogen and oxygen atoms in total. The maximum Gasteiger partial charge on any atom is 0.271 e. The Morgan fingerprint density at radius 2 is 2.00 bits per heavy atom. The highest BCUT2D eigenvalue weighted by molar-refractivity contribution is 6.32. The number of non-ortho nitro benzene ring substituents is 1. The molecular formula is C16H14Cl2N2O4. The van der Waals surface area contributed by atoms with Crippen LogP contribution in [0.4, 0.5) is 5.69 Å². The number of likely N-dealkylation sites (N-methyl/N-ethyl adjacent to an activating group) is 1. The van der Waals surface area contributed by atoms with Crippen LogP contribution in [-0.4, -0.2) is 29.4 Å². The summed E-state index contributed by atoms with van der Waals surface area (Å²) in [4.78, 5) is 23.7. The van der Waals surface area contributed by atoms with Gasteiger partial charge in [0.25, 0.3) is 11.6 Å². The minimum atomic E-state index is -0.556.